The molecule has 12 heavy (non-hydrogen) atoms. The fourth-order valence-electron chi connectivity index (χ4n) is 1.32. The molecule has 1 heterocycles. The van der Waals surface area contributed by atoms with Crippen molar-refractivity contribution in [3.05, 3.63) is 0 Å². The molecule has 3 nitrogen and oxygen atoms in total. The molecule has 0 amide bonds. The van der Waals surface area contributed by atoms with Crippen molar-refractivity contribution in [3.8, 4) is 0 Å². The standard InChI is InChI=1S/C9H17NO2/c1-5-12-8(11)7-6-10(7)9(2,3)4/h7H,5-6H2,1-4H3/t7-,10?/m1/s1. The predicted molar refractivity (Wildman–Crippen MR) is 46.9 cm³/mol. The van der Waals surface area contributed by atoms with Crippen LogP contribution in [0.4, 0.5) is 0 Å². The Morgan fingerprint density at radius 3 is 2.50 bits per heavy atom. The fourth-order valence-corrected chi connectivity index (χ4v) is 1.32. The van der Waals surface area contributed by atoms with E-state index < -0.39 is 0 Å². The summed E-state index contributed by atoms with van der Waals surface area (Å²) in [6, 6.07) is 0.0185. The minimum absolute atomic E-state index is 0.0185. The smallest absolute Gasteiger partial charge is 0.324 e. The Morgan fingerprint density at radius 2 is 2.17 bits per heavy atom. The van der Waals surface area contributed by atoms with E-state index in [1.807, 2.05) is 6.92 Å². The van der Waals surface area contributed by atoms with Crippen LogP contribution in [0.15, 0.2) is 0 Å². The Morgan fingerprint density at radius 1 is 1.58 bits per heavy atom. The van der Waals surface area contributed by atoms with Gasteiger partial charge in [0.05, 0.1) is 6.61 Å². The van der Waals surface area contributed by atoms with Gasteiger partial charge in [-0.25, -0.2) is 0 Å². The van der Waals surface area contributed by atoms with E-state index >= 15 is 0 Å². The fraction of sp³-hybridized carbons (Fsp3) is 0.889. The lowest BCUT2D eigenvalue weighted by atomic mass is 10.1. The van der Waals surface area contributed by atoms with E-state index in [-0.39, 0.29) is 17.6 Å². The van der Waals surface area contributed by atoms with Gasteiger partial charge in [-0.15, -0.1) is 0 Å². The van der Waals surface area contributed by atoms with E-state index in [0.717, 1.165) is 6.54 Å². The van der Waals surface area contributed by atoms with E-state index in [4.69, 9.17) is 4.74 Å². The van der Waals surface area contributed by atoms with Gasteiger partial charge in [-0.2, -0.15) is 0 Å². The van der Waals surface area contributed by atoms with Gasteiger partial charge in [-0.05, 0) is 27.7 Å². The highest BCUT2D eigenvalue weighted by Gasteiger charge is 2.47. The Kier molecular flexibility index (Phi) is 2.42. The van der Waals surface area contributed by atoms with Gasteiger partial charge in [0.1, 0.15) is 6.04 Å². The molecular weight excluding hydrogens is 154 g/mol. The molecule has 0 saturated carbocycles. The van der Waals surface area contributed by atoms with Crippen molar-refractivity contribution in [1.29, 1.82) is 0 Å². The molecule has 2 atom stereocenters. The second-order valence-electron chi connectivity index (χ2n) is 4.09. The first-order valence-corrected chi connectivity index (χ1v) is 4.40. The topological polar surface area (TPSA) is 29.3 Å². The van der Waals surface area contributed by atoms with Gasteiger partial charge < -0.3 is 4.74 Å². The average Bonchev–Trinajstić information content (AvgIpc) is 2.62. The van der Waals surface area contributed by atoms with Gasteiger partial charge in [0.15, 0.2) is 0 Å². The van der Waals surface area contributed by atoms with Crippen LogP contribution in [-0.4, -0.2) is 35.6 Å². The first-order chi connectivity index (χ1) is 5.46. The maximum Gasteiger partial charge on any atom is 0.324 e. The summed E-state index contributed by atoms with van der Waals surface area (Å²) in [7, 11) is 0. The van der Waals surface area contributed by atoms with Crippen LogP contribution in [0.5, 0.6) is 0 Å². The normalized spacial score (nSPS) is 28.3. The molecule has 70 valence electrons. The molecule has 1 saturated heterocycles. The van der Waals surface area contributed by atoms with E-state index in [1.165, 1.54) is 0 Å². The van der Waals surface area contributed by atoms with Crippen molar-refractivity contribution < 1.29 is 9.53 Å². The van der Waals surface area contributed by atoms with Crippen LogP contribution >= 0.6 is 0 Å². The molecule has 1 unspecified atom stereocenters. The molecule has 0 aromatic carbocycles. The molecule has 0 N–H and O–H groups in total. The van der Waals surface area contributed by atoms with Crippen LogP contribution < -0.4 is 0 Å². The van der Waals surface area contributed by atoms with Gasteiger partial charge in [-0.3, -0.25) is 9.69 Å². The molecule has 0 bridgehead atoms. The second kappa shape index (κ2) is 3.05. The maximum absolute atomic E-state index is 11.2. The highest BCUT2D eigenvalue weighted by Crippen LogP contribution is 2.29. The average molecular weight is 171 g/mol. The molecular formula is C9H17NO2. The summed E-state index contributed by atoms with van der Waals surface area (Å²) in [5.41, 5.74) is 0.0947. The van der Waals surface area contributed by atoms with Gasteiger partial charge in [0.25, 0.3) is 0 Å². The number of hydrogen-bond donors (Lipinski definition) is 0. The van der Waals surface area contributed by atoms with E-state index in [2.05, 4.69) is 25.7 Å². The molecule has 1 fully saturated rings. The monoisotopic (exact) mass is 171 g/mol. The zero-order valence-corrected chi connectivity index (χ0v) is 8.26. The van der Waals surface area contributed by atoms with Gasteiger partial charge in [0.2, 0.25) is 0 Å². The summed E-state index contributed by atoms with van der Waals surface area (Å²) in [4.78, 5) is 13.3. The Labute approximate surface area is 73.7 Å². The Balaban J connectivity index is 2.37. The van der Waals surface area contributed by atoms with E-state index in [1.54, 1.807) is 0 Å². The van der Waals surface area contributed by atoms with E-state index in [0.29, 0.717) is 6.61 Å². The van der Waals surface area contributed by atoms with Crippen LogP contribution in [0.25, 0.3) is 0 Å². The summed E-state index contributed by atoms with van der Waals surface area (Å²) < 4.78 is 4.91. The highest BCUT2D eigenvalue weighted by atomic mass is 16.5. The predicted octanol–water partition coefficient (Wildman–Crippen LogP) is 1.03. The Hall–Kier alpha value is -0.570. The third-order valence-electron chi connectivity index (χ3n) is 2.03. The second-order valence-corrected chi connectivity index (χ2v) is 4.09. The molecule has 0 aliphatic carbocycles. The highest BCUT2D eigenvalue weighted by molar-refractivity contribution is 5.79. The number of hydrogen-bond acceptors (Lipinski definition) is 3. The number of esters is 1. The summed E-state index contributed by atoms with van der Waals surface area (Å²) in [6.45, 7) is 9.47. The van der Waals surface area contributed by atoms with Crippen molar-refractivity contribution in [2.45, 2.75) is 39.3 Å². The number of carbonyl (C=O) groups is 1. The molecule has 0 spiro atoms. The van der Waals surface area contributed by atoms with Gasteiger partial charge >= 0.3 is 5.97 Å². The molecule has 0 aromatic heterocycles. The van der Waals surface area contributed by atoms with E-state index in [9.17, 15) is 4.79 Å². The molecule has 3 heteroatoms. The Bertz CT molecular complexity index is 183. The third-order valence-corrected chi connectivity index (χ3v) is 2.03. The molecule has 0 radical (unpaired) electrons. The minimum Gasteiger partial charge on any atom is -0.465 e. The molecule has 1 aliphatic rings. The van der Waals surface area contributed by atoms with Crippen LogP contribution in [0.1, 0.15) is 27.7 Å². The van der Waals surface area contributed by atoms with Crippen molar-refractivity contribution in [2.75, 3.05) is 13.2 Å². The SMILES string of the molecule is CCOC(=O)[C@H]1CN1C(C)(C)C. The lowest BCUT2D eigenvalue weighted by Crippen LogP contribution is -2.30. The first kappa shape index (κ1) is 9.52. The van der Waals surface area contributed by atoms with Gasteiger partial charge in [0, 0.05) is 12.1 Å². The lowest BCUT2D eigenvalue weighted by molar-refractivity contribution is -0.143. The van der Waals surface area contributed by atoms with Crippen molar-refractivity contribution in [3.63, 3.8) is 0 Å². The maximum atomic E-state index is 11.2. The molecule has 0 aromatic rings. The van der Waals surface area contributed by atoms with Crippen molar-refractivity contribution in [1.82, 2.24) is 4.90 Å². The summed E-state index contributed by atoms with van der Waals surface area (Å²) in [5.74, 6) is -0.0765. The van der Waals surface area contributed by atoms with Crippen LogP contribution in [-0.2, 0) is 9.53 Å². The molecule has 1 aliphatic heterocycles. The van der Waals surface area contributed by atoms with Crippen LogP contribution in [0.3, 0.4) is 0 Å². The van der Waals surface area contributed by atoms with Crippen LogP contribution in [0.2, 0.25) is 0 Å². The molecule has 1 rings (SSSR count). The van der Waals surface area contributed by atoms with Crippen molar-refractivity contribution in [2.24, 2.45) is 0 Å². The van der Waals surface area contributed by atoms with Crippen LogP contribution in [0, 0.1) is 0 Å². The number of rotatable bonds is 2. The lowest BCUT2D eigenvalue weighted by Gasteiger charge is -2.20. The minimum atomic E-state index is -0.0765. The quantitative estimate of drug-likeness (QED) is 0.459. The number of nitrogens with zero attached hydrogens (tertiary/aromatic N) is 1. The summed E-state index contributed by atoms with van der Waals surface area (Å²) in [6.07, 6.45) is 0. The zero-order chi connectivity index (χ0) is 9.35. The first-order valence-electron chi connectivity index (χ1n) is 4.40. The number of ether oxygens (including phenoxy) is 1. The summed E-state index contributed by atoms with van der Waals surface area (Å²) >= 11 is 0. The summed E-state index contributed by atoms with van der Waals surface area (Å²) in [5, 5.41) is 0. The number of carbonyl (C=O) groups excluding carboxylic acids is 1. The third kappa shape index (κ3) is 1.97. The van der Waals surface area contributed by atoms with Crippen molar-refractivity contribution >= 4 is 5.97 Å². The largest absolute Gasteiger partial charge is 0.465 e. The van der Waals surface area contributed by atoms with Gasteiger partial charge in [-0.1, -0.05) is 0 Å². The zero-order valence-electron chi connectivity index (χ0n) is 8.26.